The molecule has 0 aliphatic carbocycles. The minimum absolute atomic E-state index is 0.600. The number of oxime groups is 1. The van der Waals surface area contributed by atoms with Crippen molar-refractivity contribution in [2.24, 2.45) is 5.16 Å². The third-order valence-corrected chi connectivity index (χ3v) is 15.4. The van der Waals surface area contributed by atoms with Crippen molar-refractivity contribution >= 4 is 48.5 Å². The smallest absolute Gasteiger partial charge is 0.200 e. The third-order valence-electron chi connectivity index (χ3n) is 5.74. The number of rotatable bonds is 9. The van der Waals surface area contributed by atoms with Gasteiger partial charge in [-0.2, -0.15) is 0 Å². The summed E-state index contributed by atoms with van der Waals surface area (Å²) in [6.07, 6.45) is 1.48. The van der Waals surface area contributed by atoms with Crippen LogP contribution in [0.2, 0.25) is 16.6 Å². The van der Waals surface area contributed by atoms with Gasteiger partial charge in [0, 0.05) is 29.3 Å². The molecule has 3 heterocycles. The maximum Gasteiger partial charge on any atom is 0.200 e. The Bertz CT molecular complexity index is 962. The zero-order valence-electron chi connectivity index (χ0n) is 18.5. The Kier molecular flexibility index (Phi) is 7.74. The zero-order valence-corrected chi connectivity index (χ0v) is 22.0. The highest BCUT2D eigenvalue weighted by Gasteiger charge is 2.45. The van der Waals surface area contributed by atoms with Crippen LogP contribution in [0.25, 0.3) is 19.5 Å². The van der Waals surface area contributed by atoms with Gasteiger partial charge < -0.3 is 9.63 Å². The molecule has 3 aromatic heterocycles. The van der Waals surface area contributed by atoms with Crippen molar-refractivity contribution in [3.63, 3.8) is 0 Å². The molecule has 0 unspecified atom stereocenters. The van der Waals surface area contributed by atoms with Crippen molar-refractivity contribution in [3.8, 4) is 19.5 Å². The van der Waals surface area contributed by atoms with Crippen LogP contribution in [-0.4, -0.2) is 19.7 Å². The molecule has 0 aromatic carbocycles. The second-order valence-corrected chi connectivity index (χ2v) is 17.3. The van der Waals surface area contributed by atoms with Gasteiger partial charge in [-0.15, -0.1) is 34.0 Å². The lowest BCUT2D eigenvalue weighted by molar-refractivity contribution is 0.269. The number of nitrogens with zero attached hydrogens (tertiary/aromatic N) is 1. The Hall–Kier alpha value is -1.25. The van der Waals surface area contributed by atoms with Gasteiger partial charge in [0.1, 0.15) is 0 Å². The fraction of sp³-hybridized carbons (Fsp3) is 0.435. The molecule has 0 radical (unpaired) electrons. The zero-order chi connectivity index (χ0) is 21.9. The molecule has 0 saturated carbocycles. The first-order valence-electron chi connectivity index (χ1n) is 10.4. The van der Waals surface area contributed by atoms with E-state index in [1.54, 1.807) is 22.7 Å². The summed E-state index contributed by atoms with van der Waals surface area (Å²) in [5.74, 6) is 0. The molecule has 162 valence electrons. The summed E-state index contributed by atoms with van der Waals surface area (Å²) >= 11 is 5.28. The molecule has 3 nitrogen and oxygen atoms in total. The van der Waals surface area contributed by atoms with E-state index in [-0.39, 0.29) is 0 Å². The van der Waals surface area contributed by atoms with E-state index in [4.69, 9.17) is 9.63 Å². The lowest BCUT2D eigenvalue weighted by Gasteiger charge is -2.42. The highest BCUT2D eigenvalue weighted by Crippen LogP contribution is 2.44. The van der Waals surface area contributed by atoms with Crippen LogP contribution >= 0.6 is 34.0 Å². The minimum atomic E-state index is -1.84. The summed E-state index contributed by atoms with van der Waals surface area (Å²) in [5, 5.41) is 11.8. The second-order valence-electron chi connectivity index (χ2n) is 8.48. The van der Waals surface area contributed by atoms with Gasteiger partial charge in [0.25, 0.3) is 0 Å². The molecule has 0 bridgehead atoms. The molecule has 0 saturated heterocycles. The monoisotopic (exact) mass is 477 g/mol. The van der Waals surface area contributed by atoms with Crippen molar-refractivity contribution in [2.75, 3.05) is 0 Å². The van der Waals surface area contributed by atoms with E-state index < -0.39 is 8.32 Å². The number of thiophene rings is 3. The summed E-state index contributed by atoms with van der Waals surface area (Å²) in [6.45, 7) is 14.7. The molecule has 0 aliphatic heterocycles. The van der Waals surface area contributed by atoms with Crippen LogP contribution < -0.4 is 0 Å². The van der Waals surface area contributed by atoms with Crippen molar-refractivity contribution < 1.29 is 9.63 Å². The van der Waals surface area contributed by atoms with Crippen molar-refractivity contribution in [1.82, 2.24) is 0 Å². The van der Waals surface area contributed by atoms with E-state index in [1.165, 1.54) is 30.6 Å². The fourth-order valence-electron chi connectivity index (χ4n) is 4.50. The predicted octanol–water partition coefficient (Wildman–Crippen LogP) is 8.71. The molecule has 3 aromatic rings. The third kappa shape index (κ3) is 4.80. The average molecular weight is 478 g/mol. The maximum atomic E-state index is 8.71. The van der Waals surface area contributed by atoms with Gasteiger partial charge >= 0.3 is 0 Å². The van der Waals surface area contributed by atoms with Crippen molar-refractivity contribution in [2.45, 2.75) is 64.8 Å². The van der Waals surface area contributed by atoms with Gasteiger partial charge in [0.2, 0.25) is 8.32 Å². The van der Waals surface area contributed by atoms with Crippen LogP contribution in [0.15, 0.2) is 41.6 Å². The van der Waals surface area contributed by atoms with Gasteiger partial charge in [0.05, 0.1) is 12.8 Å². The Balaban J connectivity index is 1.74. The lowest BCUT2D eigenvalue weighted by Crippen LogP contribution is -2.47. The molecular weight excluding hydrogens is 447 g/mol. The van der Waals surface area contributed by atoms with E-state index in [0.717, 1.165) is 11.5 Å². The van der Waals surface area contributed by atoms with Gasteiger partial charge in [-0.3, -0.25) is 0 Å². The van der Waals surface area contributed by atoms with Crippen LogP contribution in [0.4, 0.5) is 0 Å². The predicted molar refractivity (Wildman–Crippen MR) is 136 cm³/mol. The minimum Gasteiger partial charge on any atom is -0.411 e. The standard InChI is InChI=1S/C23H31NO2S3Si/c1-15(2)30(16(3)4,17(5)6)26-14-19-8-10-21(28-19)23-12-11-22(29-23)20-9-7-18(27-20)13-24-25/h7-13,15-17,25H,14H2,1-6H3/b24-13-. The molecule has 0 atom stereocenters. The largest absolute Gasteiger partial charge is 0.411 e. The first-order valence-corrected chi connectivity index (χ1v) is 15.0. The Morgan fingerprint density at radius 2 is 1.30 bits per heavy atom. The molecule has 30 heavy (non-hydrogen) atoms. The molecule has 0 aliphatic rings. The van der Waals surface area contributed by atoms with E-state index in [0.29, 0.717) is 16.6 Å². The Labute approximate surface area is 193 Å². The molecule has 7 heteroatoms. The molecule has 0 amide bonds. The first kappa shape index (κ1) is 23.4. The SMILES string of the molecule is CC(C)[Si](OCc1ccc(-c2ccc(-c3ccc(/C=N\O)s3)s2)s1)(C(C)C)C(C)C. The molecule has 0 fully saturated rings. The summed E-state index contributed by atoms with van der Waals surface area (Å²) in [4.78, 5) is 7.27. The van der Waals surface area contributed by atoms with E-state index >= 15 is 0 Å². The van der Waals surface area contributed by atoms with Crippen LogP contribution in [-0.2, 0) is 11.0 Å². The highest BCUT2D eigenvalue weighted by atomic mass is 32.1. The van der Waals surface area contributed by atoms with E-state index in [9.17, 15) is 0 Å². The number of hydrogen-bond donors (Lipinski definition) is 1. The summed E-state index contributed by atoms with van der Waals surface area (Å²) in [5.41, 5.74) is 1.80. The molecule has 3 rings (SSSR count). The van der Waals surface area contributed by atoms with Crippen molar-refractivity contribution in [3.05, 3.63) is 46.2 Å². The molecule has 0 spiro atoms. The van der Waals surface area contributed by atoms with E-state index in [2.05, 4.69) is 77.0 Å². The highest BCUT2D eigenvalue weighted by molar-refractivity contribution is 7.26. The van der Waals surface area contributed by atoms with Crippen LogP contribution in [0, 0.1) is 0 Å². The molecular formula is C23H31NO2S3Si. The quantitative estimate of drug-likeness (QED) is 0.145. The normalized spacial score (nSPS) is 12.8. The van der Waals surface area contributed by atoms with Crippen molar-refractivity contribution in [1.29, 1.82) is 0 Å². The number of hydrogen-bond acceptors (Lipinski definition) is 6. The van der Waals surface area contributed by atoms with Gasteiger partial charge in [-0.25, -0.2) is 0 Å². The van der Waals surface area contributed by atoms with Crippen LogP contribution in [0.1, 0.15) is 51.3 Å². The lowest BCUT2D eigenvalue weighted by atomic mass is 10.3. The topological polar surface area (TPSA) is 41.8 Å². The van der Waals surface area contributed by atoms with Gasteiger partial charge in [-0.05, 0) is 53.0 Å². The summed E-state index contributed by atoms with van der Waals surface area (Å²) < 4.78 is 6.77. The fourth-order valence-corrected chi connectivity index (χ4v) is 13.0. The average Bonchev–Trinajstić information content (AvgIpc) is 3.41. The Morgan fingerprint density at radius 3 is 1.87 bits per heavy atom. The van der Waals surface area contributed by atoms with Crippen LogP contribution in [0.5, 0.6) is 0 Å². The van der Waals surface area contributed by atoms with Crippen LogP contribution in [0.3, 0.4) is 0 Å². The van der Waals surface area contributed by atoms with E-state index in [1.807, 2.05) is 17.4 Å². The second kappa shape index (κ2) is 9.91. The maximum absolute atomic E-state index is 8.71. The van der Waals surface area contributed by atoms with Gasteiger partial charge in [0.15, 0.2) is 0 Å². The molecule has 1 N–H and O–H groups in total. The van der Waals surface area contributed by atoms with Gasteiger partial charge in [-0.1, -0.05) is 46.7 Å². The summed E-state index contributed by atoms with van der Waals surface area (Å²) in [6, 6.07) is 12.9. The first-order chi connectivity index (χ1) is 14.3. The summed E-state index contributed by atoms with van der Waals surface area (Å²) in [7, 11) is -1.84. The Morgan fingerprint density at radius 1 is 0.800 bits per heavy atom.